The highest BCUT2D eigenvalue weighted by molar-refractivity contribution is 7.45. The molecule has 2 N–H and O–H groups in total. The van der Waals surface area contributed by atoms with E-state index in [2.05, 4.69) is 116 Å². The molecule has 0 saturated carbocycles. The van der Waals surface area contributed by atoms with Crippen LogP contribution < -0.4 is 10.2 Å². The number of carbonyl (C=O) groups excluding carboxylic acids is 1. The monoisotopic (exact) mass is 799 g/mol. The topological polar surface area (TPSA) is 108 Å². The Morgan fingerprint density at radius 2 is 1.11 bits per heavy atom. The molecule has 3 atom stereocenters. The third-order valence-corrected chi connectivity index (χ3v) is 9.43. The number of rotatable bonds is 36. The van der Waals surface area contributed by atoms with Crippen molar-refractivity contribution in [1.29, 1.82) is 0 Å². The average molecular weight is 799 g/mol. The molecule has 0 saturated heterocycles. The zero-order valence-corrected chi connectivity index (χ0v) is 36.7. The van der Waals surface area contributed by atoms with Crippen molar-refractivity contribution >= 4 is 13.7 Å². The number of allylic oxidation sites excluding steroid dienone is 17. The van der Waals surface area contributed by atoms with Crippen LogP contribution in [0.4, 0.5) is 0 Å². The first-order valence-electron chi connectivity index (χ1n) is 21.2. The van der Waals surface area contributed by atoms with Gasteiger partial charge in [-0.3, -0.25) is 9.36 Å². The number of hydrogen-bond donors (Lipinski definition) is 2. The fourth-order valence-corrected chi connectivity index (χ4v) is 5.81. The van der Waals surface area contributed by atoms with Gasteiger partial charge in [0.25, 0.3) is 7.82 Å². The van der Waals surface area contributed by atoms with Crippen LogP contribution in [0.2, 0.25) is 0 Å². The van der Waals surface area contributed by atoms with E-state index in [9.17, 15) is 19.4 Å². The highest BCUT2D eigenvalue weighted by Gasteiger charge is 2.23. The number of nitrogens with one attached hydrogen (secondary N) is 1. The average Bonchev–Trinajstić information content (AvgIpc) is 3.15. The Labute approximate surface area is 342 Å². The quantitative estimate of drug-likeness (QED) is 0.0283. The van der Waals surface area contributed by atoms with Gasteiger partial charge in [-0.25, -0.2) is 0 Å². The molecule has 3 unspecified atom stereocenters. The number of phosphoric acid groups is 1. The van der Waals surface area contributed by atoms with Gasteiger partial charge in [0.15, 0.2) is 0 Å². The van der Waals surface area contributed by atoms with Crippen molar-refractivity contribution in [3.63, 3.8) is 0 Å². The Balaban J connectivity index is 4.43. The summed E-state index contributed by atoms with van der Waals surface area (Å²) in [6.45, 7) is 4.38. The van der Waals surface area contributed by atoms with E-state index >= 15 is 0 Å². The summed E-state index contributed by atoms with van der Waals surface area (Å²) < 4.78 is 23.0. The van der Waals surface area contributed by atoms with Crippen molar-refractivity contribution < 1.29 is 32.9 Å². The SMILES string of the molecule is CC/C=C\C/C=C\C/C=C\C/C=C\C/C=C\C/C=C\C/C=C\CCCCCC(=O)NC(COP(=O)([O-])OCC[N+](C)(C)C)C(O)/C=C/CC/C=C/CCCCC. The molecule has 0 heterocycles. The van der Waals surface area contributed by atoms with E-state index in [1.807, 2.05) is 27.2 Å². The molecular weight excluding hydrogens is 719 g/mol. The highest BCUT2D eigenvalue weighted by Crippen LogP contribution is 2.38. The predicted octanol–water partition coefficient (Wildman–Crippen LogP) is 11.1. The van der Waals surface area contributed by atoms with Crippen molar-refractivity contribution in [3.8, 4) is 0 Å². The molecular formula is C47H79N2O6P. The Morgan fingerprint density at radius 1 is 0.643 bits per heavy atom. The normalized spacial score (nSPS) is 15.5. The number of aliphatic hydroxyl groups is 1. The molecule has 56 heavy (non-hydrogen) atoms. The number of aliphatic hydroxyl groups excluding tert-OH is 1. The van der Waals surface area contributed by atoms with E-state index in [1.54, 1.807) is 6.08 Å². The highest BCUT2D eigenvalue weighted by atomic mass is 31.2. The largest absolute Gasteiger partial charge is 0.756 e. The lowest BCUT2D eigenvalue weighted by Gasteiger charge is -2.29. The second kappa shape index (κ2) is 37.7. The summed E-state index contributed by atoms with van der Waals surface area (Å²) in [7, 11) is 1.19. The molecule has 0 spiro atoms. The van der Waals surface area contributed by atoms with Crippen molar-refractivity contribution in [3.05, 3.63) is 109 Å². The van der Waals surface area contributed by atoms with E-state index < -0.39 is 26.6 Å². The molecule has 0 aromatic rings. The third-order valence-electron chi connectivity index (χ3n) is 8.47. The van der Waals surface area contributed by atoms with Crippen LogP contribution in [0.5, 0.6) is 0 Å². The lowest BCUT2D eigenvalue weighted by Crippen LogP contribution is -2.45. The van der Waals surface area contributed by atoms with Crippen LogP contribution in [0.25, 0.3) is 0 Å². The number of unbranched alkanes of at least 4 members (excludes halogenated alkanes) is 7. The molecule has 8 nitrogen and oxygen atoms in total. The predicted molar refractivity (Wildman–Crippen MR) is 237 cm³/mol. The first-order valence-corrected chi connectivity index (χ1v) is 22.7. The number of nitrogens with zero attached hydrogens (tertiary/aromatic N) is 1. The van der Waals surface area contributed by atoms with Gasteiger partial charge in [-0.05, 0) is 89.9 Å². The summed E-state index contributed by atoms with van der Waals surface area (Å²) in [5, 5.41) is 13.6. The second-order valence-corrected chi connectivity index (χ2v) is 16.4. The van der Waals surface area contributed by atoms with Gasteiger partial charge in [0, 0.05) is 6.42 Å². The fraction of sp³-hybridized carbons (Fsp3) is 0.596. The molecule has 0 radical (unpaired) electrons. The number of amides is 1. The Bertz CT molecular complexity index is 1270. The summed E-state index contributed by atoms with van der Waals surface area (Å²) in [5.74, 6) is -0.249. The van der Waals surface area contributed by atoms with Crippen LogP contribution in [0.3, 0.4) is 0 Å². The number of quaternary nitrogens is 1. The number of hydrogen-bond acceptors (Lipinski definition) is 6. The minimum atomic E-state index is -4.61. The molecule has 0 aromatic carbocycles. The van der Waals surface area contributed by atoms with Crippen LogP contribution >= 0.6 is 7.82 Å². The van der Waals surface area contributed by atoms with Crippen LogP contribution in [0.15, 0.2) is 109 Å². The fourth-order valence-electron chi connectivity index (χ4n) is 5.09. The van der Waals surface area contributed by atoms with Gasteiger partial charge in [-0.15, -0.1) is 0 Å². The maximum Gasteiger partial charge on any atom is 0.268 e. The molecule has 0 aromatic heterocycles. The van der Waals surface area contributed by atoms with Gasteiger partial charge < -0.3 is 28.8 Å². The van der Waals surface area contributed by atoms with Crippen LogP contribution in [-0.4, -0.2) is 68.5 Å². The van der Waals surface area contributed by atoms with Gasteiger partial charge >= 0.3 is 0 Å². The second-order valence-electron chi connectivity index (χ2n) is 14.9. The van der Waals surface area contributed by atoms with Crippen LogP contribution in [0.1, 0.15) is 129 Å². The first kappa shape index (κ1) is 53.2. The standard InChI is InChI=1S/C47H79N2O6P/c1-6-8-10-12-14-16-17-18-19-20-21-22-23-24-25-26-27-28-29-30-31-33-35-37-39-41-47(51)48-45(44-55-56(52,53)54-43-42-49(3,4)5)46(50)40-38-36-34-32-15-13-11-9-7-2/h8,10,14-16,18-19,21-22,24-25,27-28,30-32,38,40,45-46,50H,6-7,9,11-13,17,20,23,26,29,33-37,39,41-44H2,1-5H3,(H-,48,51,52,53)/b10-8-,16-14-,19-18-,22-21-,25-24-,28-27-,31-30-,32-15+,40-38+. The molecule has 0 rings (SSSR count). The van der Waals surface area contributed by atoms with Gasteiger partial charge in [-0.2, -0.15) is 0 Å². The van der Waals surface area contributed by atoms with E-state index in [0.717, 1.165) is 83.5 Å². The molecule has 318 valence electrons. The molecule has 0 aliphatic rings. The van der Waals surface area contributed by atoms with Crippen LogP contribution in [0, 0.1) is 0 Å². The smallest absolute Gasteiger partial charge is 0.268 e. The van der Waals surface area contributed by atoms with Crippen molar-refractivity contribution in [2.45, 2.75) is 142 Å². The third kappa shape index (κ3) is 39.4. The minimum Gasteiger partial charge on any atom is -0.756 e. The van der Waals surface area contributed by atoms with Gasteiger partial charge in [0.2, 0.25) is 5.91 Å². The van der Waals surface area contributed by atoms with Crippen molar-refractivity contribution in [2.24, 2.45) is 0 Å². The Morgan fingerprint density at radius 3 is 1.62 bits per heavy atom. The first-order chi connectivity index (χ1) is 27.0. The van der Waals surface area contributed by atoms with Gasteiger partial charge in [-0.1, -0.05) is 142 Å². The molecule has 0 aliphatic heterocycles. The Kier molecular flexibility index (Phi) is 35.8. The maximum absolute atomic E-state index is 12.8. The van der Waals surface area contributed by atoms with E-state index in [4.69, 9.17) is 9.05 Å². The lowest BCUT2D eigenvalue weighted by atomic mass is 10.1. The number of phosphoric ester groups is 1. The molecule has 0 aliphatic carbocycles. The van der Waals surface area contributed by atoms with Crippen molar-refractivity contribution in [2.75, 3.05) is 40.9 Å². The molecule has 0 bridgehead atoms. The molecule has 9 heteroatoms. The summed E-state index contributed by atoms with van der Waals surface area (Å²) in [6, 6.07) is -0.926. The number of likely N-dealkylation sites (N-methyl/N-ethyl adjacent to an activating group) is 1. The van der Waals surface area contributed by atoms with Crippen molar-refractivity contribution in [1.82, 2.24) is 5.32 Å². The summed E-state index contributed by atoms with van der Waals surface area (Å²) in [5.41, 5.74) is 0. The maximum atomic E-state index is 12.8. The summed E-state index contributed by atoms with van der Waals surface area (Å²) in [4.78, 5) is 25.2. The van der Waals surface area contributed by atoms with E-state index in [1.165, 1.54) is 19.3 Å². The molecule has 1 amide bonds. The molecule has 0 fully saturated rings. The Hall–Kier alpha value is -2.84. The zero-order valence-electron chi connectivity index (χ0n) is 35.8. The van der Waals surface area contributed by atoms with Gasteiger partial charge in [0.05, 0.1) is 39.9 Å². The van der Waals surface area contributed by atoms with E-state index in [-0.39, 0.29) is 18.9 Å². The lowest BCUT2D eigenvalue weighted by molar-refractivity contribution is -0.870. The van der Waals surface area contributed by atoms with Crippen LogP contribution in [-0.2, 0) is 18.4 Å². The number of carbonyl (C=O) groups is 1. The van der Waals surface area contributed by atoms with E-state index in [0.29, 0.717) is 17.4 Å². The summed E-state index contributed by atoms with van der Waals surface area (Å²) in [6.07, 6.45) is 54.4. The zero-order chi connectivity index (χ0) is 41.4. The van der Waals surface area contributed by atoms with Gasteiger partial charge in [0.1, 0.15) is 13.2 Å². The minimum absolute atomic E-state index is 0.0204. The summed E-state index contributed by atoms with van der Waals surface area (Å²) >= 11 is 0.